The van der Waals surface area contributed by atoms with Crippen molar-refractivity contribution in [2.45, 2.75) is 13.8 Å². The fraction of sp³-hybridized carbons (Fsp3) is 0.190. The van der Waals surface area contributed by atoms with Crippen molar-refractivity contribution < 1.29 is 23.9 Å². The Kier molecular flexibility index (Phi) is 6.20. The fourth-order valence-corrected chi connectivity index (χ4v) is 4.32. The van der Waals surface area contributed by atoms with Gasteiger partial charge in [-0.05, 0) is 36.9 Å². The third kappa shape index (κ3) is 3.97. The Morgan fingerprint density at radius 3 is 2.45 bits per heavy atom. The highest BCUT2D eigenvalue weighted by Crippen LogP contribution is 2.35. The second-order valence-electron chi connectivity index (χ2n) is 6.07. The van der Waals surface area contributed by atoms with Gasteiger partial charge < -0.3 is 14.8 Å². The van der Waals surface area contributed by atoms with Crippen molar-refractivity contribution in [3.05, 3.63) is 63.0 Å². The van der Waals surface area contributed by atoms with Gasteiger partial charge in [0.2, 0.25) is 0 Å². The smallest absolute Gasteiger partial charge is 0.348 e. The van der Waals surface area contributed by atoms with Crippen LogP contribution in [0.1, 0.15) is 42.9 Å². The molecule has 1 heterocycles. The van der Waals surface area contributed by atoms with E-state index < -0.39 is 17.8 Å². The Labute approximate surface area is 176 Å². The number of hydrogen-bond donors (Lipinski definition) is 1. The van der Waals surface area contributed by atoms with Crippen molar-refractivity contribution in [1.29, 1.82) is 0 Å². The number of carbonyl (C=O) groups excluding carboxylic acids is 3. The monoisotopic (exact) mass is 431 g/mol. The predicted molar refractivity (Wildman–Crippen MR) is 113 cm³/mol. The summed E-state index contributed by atoms with van der Waals surface area (Å²) in [7, 11) is 1.25. The van der Waals surface area contributed by atoms with E-state index in [1.54, 1.807) is 44.2 Å². The second-order valence-corrected chi connectivity index (χ2v) is 7.49. The van der Waals surface area contributed by atoms with Crippen LogP contribution in [-0.4, -0.2) is 31.6 Å². The van der Waals surface area contributed by atoms with E-state index in [4.69, 9.17) is 21.1 Å². The van der Waals surface area contributed by atoms with Crippen LogP contribution in [-0.2, 0) is 9.47 Å². The maximum Gasteiger partial charge on any atom is 0.348 e. The molecule has 0 atom stereocenters. The Morgan fingerprint density at radius 2 is 1.76 bits per heavy atom. The molecule has 0 fully saturated rings. The number of benzene rings is 2. The Balaban J connectivity index is 2.06. The van der Waals surface area contributed by atoms with Gasteiger partial charge >= 0.3 is 11.9 Å². The normalized spacial score (nSPS) is 10.6. The van der Waals surface area contributed by atoms with Crippen molar-refractivity contribution in [2.75, 3.05) is 19.0 Å². The first-order valence-corrected chi connectivity index (χ1v) is 9.95. The number of amides is 1. The predicted octanol–water partition coefficient (Wildman–Crippen LogP) is 5.08. The number of ether oxygens (including phenoxy) is 2. The topological polar surface area (TPSA) is 81.7 Å². The number of anilines is 1. The van der Waals surface area contributed by atoms with Crippen molar-refractivity contribution in [3.63, 3.8) is 0 Å². The minimum absolute atomic E-state index is 0.142. The summed E-state index contributed by atoms with van der Waals surface area (Å²) < 4.78 is 9.87. The zero-order chi connectivity index (χ0) is 21.1. The standard InChI is InChI=1S/C21H18ClNO5S/c1-4-28-20(25)16-11(2)17(21(26)27-3)29-19(16)23-18(24)14-9-5-8-13-12(14)7-6-10-15(13)22/h5-10H,4H2,1-3H3,(H,23,24). The molecule has 0 aliphatic rings. The van der Waals surface area contributed by atoms with Crippen LogP contribution in [0.4, 0.5) is 5.00 Å². The minimum atomic E-state index is -0.618. The molecule has 29 heavy (non-hydrogen) atoms. The molecule has 0 aliphatic heterocycles. The summed E-state index contributed by atoms with van der Waals surface area (Å²) in [5, 5.41) is 4.92. The summed E-state index contributed by atoms with van der Waals surface area (Å²) in [4.78, 5) is 37.8. The third-order valence-corrected chi connectivity index (χ3v) is 5.85. The zero-order valence-corrected chi connectivity index (χ0v) is 17.6. The van der Waals surface area contributed by atoms with Gasteiger partial charge in [-0.3, -0.25) is 4.79 Å². The van der Waals surface area contributed by atoms with Gasteiger partial charge in [-0.2, -0.15) is 0 Å². The Bertz CT molecular complexity index is 1120. The Hall–Kier alpha value is -2.90. The van der Waals surface area contributed by atoms with Gasteiger partial charge in [-0.25, -0.2) is 9.59 Å². The highest BCUT2D eigenvalue weighted by atomic mass is 35.5. The van der Waals surface area contributed by atoms with Crippen LogP contribution in [0, 0.1) is 6.92 Å². The number of thiophene rings is 1. The van der Waals surface area contributed by atoms with Gasteiger partial charge in [0.15, 0.2) is 0 Å². The quantitative estimate of drug-likeness (QED) is 0.570. The van der Waals surface area contributed by atoms with Gasteiger partial charge in [0.05, 0.1) is 19.3 Å². The molecule has 1 aromatic heterocycles. The molecule has 0 radical (unpaired) electrons. The van der Waals surface area contributed by atoms with Crippen molar-refractivity contribution in [3.8, 4) is 0 Å². The molecule has 0 aliphatic carbocycles. The lowest BCUT2D eigenvalue weighted by Crippen LogP contribution is -2.15. The molecular formula is C21H18ClNO5S. The van der Waals surface area contributed by atoms with Crippen molar-refractivity contribution in [1.82, 2.24) is 0 Å². The number of nitrogens with one attached hydrogen (secondary N) is 1. The molecule has 0 spiro atoms. The largest absolute Gasteiger partial charge is 0.465 e. The van der Waals surface area contributed by atoms with Crippen LogP contribution in [0.15, 0.2) is 36.4 Å². The molecule has 8 heteroatoms. The van der Waals surface area contributed by atoms with Crippen LogP contribution in [0.25, 0.3) is 10.8 Å². The molecule has 150 valence electrons. The number of carbonyl (C=O) groups is 3. The lowest BCUT2D eigenvalue weighted by atomic mass is 10.0. The van der Waals surface area contributed by atoms with Crippen molar-refractivity contribution in [2.24, 2.45) is 0 Å². The van der Waals surface area contributed by atoms with E-state index in [-0.39, 0.29) is 22.0 Å². The van der Waals surface area contributed by atoms with Gasteiger partial charge in [-0.15, -0.1) is 11.3 Å². The lowest BCUT2D eigenvalue weighted by Gasteiger charge is -2.09. The van der Waals surface area contributed by atoms with E-state index in [1.807, 2.05) is 6.07 Å². The first-order valence-electron chi connectivity index (χ1n) is 8.76. The third-order valence-electron chi connectivity index (χ3n) is 4.34. The number of fused-ring (bicyclic) bond motifs is 1. The van der Waals surface area contributed by atoms with E-state index in [1.165, 1.54) is 7.11 Å². The fourth-order valence-electron chi connectivity index (χ4n) is 2.98. The SMILES string of the molecule is CCOC(=O)c1c(NC(=O)c2cccc3c(Cl)cccc23)sc(C(=O)OC)c1C. The number of rotatable bonds is 5. The van der Waals surface area contributed by atoms with Crippen LogP contribution < -0.4 is 5.32 Å². The van der Waals surface area contributed by atoms with E-state index in [0.717, 1.165) is 16.7 Å². The summed E-state index contributed by atoms with van der Waals surface area (Å²) in [5.74, 6) is -1.63. The van der Waals surface area contributed by atoms with Crippen LogP contribution >= 0.6 is 22.9 Å². The maximum absolute atomic E-state index is 13.0. The van der Waals surface area contributed by atoms with E-state index in [0.29, 0.717) is 21.5 Å². The number of methoxy groups -OCH3 is 1. The first-order chi connectivity index (χ1) is 13.9. The lowest BCUT2D eigenvalue weighted by molar-refractivity contribution is 0.0527. The Morgan fingerprint density at radius 1 is 1.07 bits per heavy atom. The molecule has 2 aromatic carbocycles. The maximum atomic E-state index is 13.0. The summed E-state index contributed by atoms with van der Waals surface area (Å²) in [6.45, 7) is 3.46. The second kappa shape index (κ2) is 8.63. The molecule has 3 rings (SSSR count). The van der Waals surface area contributed by atoms with E-state index in [9.17, 15) is 14.4 Å². The molecule has 0 unspecified atom stereocenters. The summed E-state index contributed by atoms with van der Waals surface area (Å²) in [6.07, 6.45) is 0. The molecular weight excluding hydrogens is 414 g/mol. The zero-order valence-electron chi connectivity index (χ0n) is 16.0. The van der Waals surface area contributed by atoms with E-state index in [2.05, 4.69) is 5.32 Å². The highest BCUT2D eigenvalue weighted by molar-refractivity contribution is 7.18. The van der Waals surface area contributed by atoms with Gasteiger partial charge in [0.1, 0.15) is 9.88 Å². The molecule has 1 amide bonds. The van der Waals surface area contributed by atoms with Crippen LogP contribution in [0.3, 0.4) is 0 Å². The minimum Gasteiger partial charge on any atom is -0.465 e. The molecule has 6 nitrogen and oxygen atoms in total. The van der Waals surface area contributed by atoms with Crippen molar-refractivity contribution >= 4 is 56.6 Å². The van der Waals surface area contributed by atoms with E-state index >= 15 is 0 Å². The van der Waals surface area contributed by atoms with Crippen LogP contribution in [0.2, 0.25) is 5.02 Å². The molecule has 0 saturated heterocycles. The summed E-state index contributed by atoms with van der Waals surface area (Å²) in [6, 6.07) is 10.5. The number of esters is 2. The summed E-state index contributed by atoms with van der Waals surface area (Å²) >= 11 is 7.20. The average Bonchev–Trinajstić information content (AvgIpc) is 3.03. The first kappa shape index (κ1) is 20.8. The number of halogens is 1. The van der Waals surface area contributed by atoms with Gasteiger partial charge in [-0.1, -0.05) is 35.9 Å². The highest BCUT2D eigenvalue weighted by Gasteiger charge is 2.27. The van der Waals surface area contributed by atoms with Gasteiger partial charge in [0.25, 0.3) is 5.91 Å². The number of hydrogen-bond acceptors (Lipinski definition) is 6. The molecule has 1 N–H and O–H groups in total. The molecule has 0 bridgehead atoms. The van der Waals surface area contributed by atoms with Crippen LogP contribution in [0.5, 0.6) is 0 Å². The molecule has 0 saturated carbocycles. The molecule has 3 aromatic rings. The van der Waals surface area contributed by atoms with Gasteiger partial charge in [0, 0.05) is 16.0 Å². The summed E-state index contributed by atoms with van der Waals surface area (Å²) in [5.41, 5.74) is 0.936. The average molecular weight is 432 g/mol.